The monoisotopic (exact) mass is 251 g/mol. The fraction of sp³-hybridized carbons (Fsp3) is 0.417. The molecule has 0 saturated heterocycles. The van der Waals surface area contributed by atoms with Gasteiger partial charge in [0.25, 0.3) is 5.91 Å². The van der Waals surface area contributed by atoms with Crippen molar-refractivity contribution in [3.8, 4) is 0 Å². The van der Waals surface area contributed by atoms with Crippen LogP contribution < -0.4 is 0 Å². The van der Waals surface area contributed by atoms with E-state index in [1.54, 1.807) is 26.1 Å². The highest BCUT2D eigenvalue weighted by Crippen LogP contribution is 2.04. The topological polar surface area (TPSA) is 64.4 Å². The van der Waals surface area contributed by atoms with Gasteiger partial charge in [-0.25, -0.2) is 0 Å². The van der Waals surface area contributed by atoms with Crippen molar-refractivity contribution in [2.24, 2.45) is 7.05 Å². The van der Waals surface area contributed by atoms with Crippen LogP contribution in [-0.2, 0) is 16.6 Å². The second kappa shape index (κ2) is 6.58. The molecule has 6 heteroatoms. The van der Waals surface area contributed by atoms with Crippen molar-refractivity contribution in [2.45, 2.75) is 6.92 Å². The van der Waals surface area contributed by atoms with Gasteiger partial charge in [-0.1, -0.05) is 6.08 Å². The number of esters is 1. The van der Waals surface area contributed by atoms with E-state index in [0.717, 1.165) is 0 Å². The van der Waals surface area contributed by atoms with Crippen molar-refractivity contribution in [1.82, 2.24) is 14.7 Å². The molecule has 98 valence electrons. The maximum atomic E-state index is 12.2. The number of carbonyl (C=O) groups is 2. The summed E-state index contributed by atoms with van der Waals surface area (Å²) in [6.07, 6.45) is 3.09. The third-order valence-electron chi connectivity index (χ3n) is 2.30. The van der Waals surface area contributed by atoms with Gasteiger partial charge in [-0.15, -0.1) is 6.58 Å². The molecule has 1 aromatic rings. The number of ether oxygens (including phenoxy) is 1. The minimum Gasteiger partial charge on any atom is -0.465 e. The van der Waals surface area contributed by atoms with E-state index in [1.165, 1.54) is 15.8 Å². The van der Waals surface area contributed by atoms with Gasteiger partial charge in [-0.2, -0.15) is 5.10 Å². The Balaban J connectivity index is 2.78. The zero-order valence-electron chi connectivity index (χ0n) is 10.6. The van der Waals surface area contributed by atoms with Gasteiger partial charge < -0.3 is 9.64 Å². The third kappa shape index (κ3) is 3.44. The van der Waals surface area contributed by atoms with Crippen LogP contribution in [0.3, 0.4) is 0 Å². The van der Waals surface area contributed by atoms with Crippen LogP contribution in [0.15, 0.2) is 24.9 Å². The number of rotatable bonds is 6. The van der Waals surface area contributed by atoms with Crippen LogP contribution in [0.5, 0.6) is 0 Å². The summed E-state index contributed by atoms with van der Waals surface area (Å²) < 4.78 is 6.29. The Morgan fingerprint density at radius 2 is 2.33 bits per heavy atom. The zero-order chi connectivity index (χ0) is 13.5. The van der Waals surface area contributed by atoms with Crippen LogP contribution in [-0.4, -0.2) is 46.3 Å². The first kappa shape index (κ1) is 14.0. The predicted molar refractivity (Wildman–Crippen MR) is 65.9 cm³/mol. The van der Waals surface area contributed by atoms with Gasteiger partial charge >= 0.3 is 5.97 Å². The van der Waals surface area contributed by atoms with Crippen molar-refractivity contribution >= 4 is 11.9 Å². The van der Waals surface area contributed by atoms with Crippen LogP contribution in [0.25, 0.3) is 0 Å². The van der Waals surface area contributed by atoms with E-state index < -0.39 is 5.97 Å². The maximum Gasteiger partial charge on any atom is 0.325 e. The molecule has 0 aliphatic carbocycles. The summed E-state index contributed by atoms with van der Waals surface area (Å²) in [6, 6.07) is 1.60. The van der Waals surface area contributed by atoms with Gasteiger partial charge in [-0.05, 0) is 13.0 Å². The summed E-state index contributed by atoms with van der Waals surface area (Å²) in [5, 5.41) is 3.92. The first-order chi connectivity index (χ1) is 8.60. The number of carbonyl (C=O) groups excluding carboxylic acids is 2. The second-order valence-electron chi connectivity index (χ2n) is 3.62. The Morgan fingerprint density at radius 1 is 1.61 bits per heavy atom. The van der Waals surface area contributed by atoms with Gasteiger partial charge in [0, 0.05) is 19.8 Å². The molecule has 0 fully saturated rings. The molecule has 1 amide bonds. The van der Waals surface area contributed by atoms with Gasteiger partial charge in [0.1, 0.15) is 12.2 Å². The lowest BCUT2D eigenvalue weighted by Gasteiger charge is -2.19. The number of hydrogen-bond acceptors (Lipinski definition) is 4. The van der Waals surface area contributed by atoms with Crippen molar-refractivity contribution in [3.05, 3.63) is 30.6 Å². The molecule has 0 N–H and O–H groups in total. The lowest BCUT2D eigenvalue weighted by molar-refractivity contribution is -0.143. The third-order valence-corrected chi connectivity index (χ3v) is 2.30. The molecule has 0 aliphatic rings. The van der Waals surface area contributed by atoms with Gasteiger partial charge in [0.2, 0.25) is 0 Å². The second-order valence-corrected chi connectivity index (χ2v) is 3.62. The molecule has 1 heterocycles. The van der Waals surface area contributed by atoms with E-state index in [9.17, 15) is 9.59 Å². The summed E-state index contributed by atoms with van der Waals surface area (Å²) in [4.78, 5) is 24.9. The summed E-state index contributed by atoms with van der Waals surface area (Å²) in [5.74, 6) is -0.710. The Labute approximate surface area is 106 Å². The molecule has 1 aromatic heterocycles. The SMILES string of the molecule is C=CCN(CC(=O)OCC)C(=O)c1ccnn1C. The lowest BCUT2D eigenvalue weighted by atomic mass is 10.3. The molecule has 0 aliphatic heterocycles. The average molecular weight is 251 g/mol. The van der Waals surface area contributed by atoms with E-state index >= 15 is 0 Å². The Hall–Kier alpha value is -2.11. The van der Waals surface area contributed by atoms with E-state index in [2.05, 4.69) is 11.7 Å². The number of hydrogen-bond donors (Lipinski definition) is 0. The Kier molecular flexibility index (Phi) is 5.10. The highest BCUT2D eigenvalue weighted by atomic mass is 16.5. The normalized spacial score (nSPS) is 9.89. The standard InChI is InChI=1S/C12H17N3O3/c1-4-8-15(9-11(16)18-5-2)12(17)10-6-7-13-14(10)3/h4,6-7H,1,5,8-9H2,2-3H3. The number of aromatic nitrogens is 2. The Bertz CT molecular complexity index is 440. The predicted octanol–water partition coefficient (Wildman–Crippen LogP) is 0.611. The molecular formula is C12H17N3O3. The van der Waals surface area contributed by atoms with Crippen LogP contribution in [0.4, 0.5) is 0 Å². The molecule has 0 saturated carbocycles. The quantitative estimate of drug-likeness (QED) is 0.549. The number of aryl methyl sites for hydroxylation is 1. The summed E-state index contributed by atoms with van der Waals surface area (Å²) in [5.41, 5.74) is 0.418. The fourth-order valence-electron chi connectivity index (χ4n) is 1.48. The molecule has 0 radical (unpaired) electrons. The first-order valence-electron chi connectivity index (χ1n) is 5.64. The van der Waals surface area contributed by atoms with Crippen molar-refractivity contribution in [1.29, 1.82) is 0 Å². The van der Waals surface area contributed by atoms with Gasteiger partial charge in [-0.3, -0.25) is 14.3 Å². The largest absolute Gasteiger partial charge is 0.465 e. The summed E-state index contributed by atoms with van der Waals surface area (Å²) in [6.45, 7) is 5.77. The molecule has 0 aromatic carbocycles. The maximum absolute atomic E-state index is 12.2. The highest BCUT2D eigenvalue weighted by Gasteiger charge is 2.20. The van der Waals surface area contributed by atoms with Crippen LogP contribution in [0.1, 0.15) is 17.4 Å². The summed E-state index contributed by atoms with van der Waals surface area (Å²) in [7, 11) is 1.67. The van der Waals surface area contributed by atoms with Crippen molar-refractivity contribution in [3.63, 3.8) is 0 Å². The first-order valence-corrected chi connectivity index (χ1v) is 5.64. The molecule has 1 rings (SSSR count). The van der Waals surface area contributed by atoms with Gasteiger partial charge in [0.15, 0.2) is 0 Å². The molecule has 6 nitrogen and oxygen atoms in total. The summed E-state index contributed by atoms with van der Waals surface area (Å²) >= 11 is 0. The van der Waals surface area contributed by atoms with E-state index in [-0.39, 0.29) is 19.0 Å². The fourth-order valence-corrected chi connectivity index (χ4v) is 1.48. The van der Waals surface area contributed by atoms with Crippen molar-refractivity contribution < 1.29 is 14.3 Å². The minimum absolute atomic E-state index is 0.0934. The van der Waals surface area contributed by atoms with Crippen LogP contribution >= 0.6 is 0 Å². The Morgan fingerprint density at radius 3 is 2.83 bits per heavy atom. The zero-order valence-corrected chi connectivity index (χ0v) is 10.6. The van der Waals surface area contributed by atoms with Gasteiger partial charge in [0.05, 0.1) is 6.61 Å². The molecule has 0 atom stereocenters. The van der Waals surface area contributed by atoms with E-state index in [4.69, 9.17) is 4.74 Å². The molecule has 0 unspecified atom stereocenters. The van der Waals surface area contributed by atoms with Crippen molar-refractivity contribution in [2.75, 3.05) is 19.7 Å². The molecule has 18 heavy (non-hydrogen) atoms. The van der Waals surface area contributed by atoms with E-state index in [1.807, 2.05) is 0 Å². The minimum atomic E-state index is -0.435. The highest BCUT2D eigenvalue weighted by molar-refractivity contribution is 5.94. The number of amides is 1. The van der Waals surface area contributed by atoms with Crippen LogP contribution in [0.2, 0.25) is 0 Å². The molecule has 0 spiro atoms. The lowest BCUT2D eigenvalue weighted by Crippen LogP contribution is -2.37. The number of nitrogens with zero attached hydrogens (tertiary/aromatic N) is 3. The molecule has 0 bridgehead atoms. The van der Waals surface area contributed by atoms with E-state index in [0.29, 0.717) is 12.3 Å². The average Bonchev–Trinajstić information content (AvgIpc) is 2.74. The van der Waals surface area contributed by atoms with Crippen LogP contribution in [0, 0.1) is 0 Å². The molecular weight excluding hydrogens is 234 g/mol. The smallest absolute Gasteiger partial charge is 0.325 e.